The van der Waals surface area contributed by atoms with Gasteiger partial charge in [0.25, 0.3) is 5.91 Å². The van der Waals surface area contributed by atoms with Gasteiger partial charge in [-0.15, -0.1) is 0 Å². The molecule has 1 saturated heterocycles. The molecule has 4 heteroatoms. The molecule has 3 rings (SSSR count). The molecule has 0 bridgehead atoms. The van der Waals surface area contributed by atoms with Gasteiger partial charge in [0, 0.05) is 18.7 Å². The zero-order chi connectivity index (χ0) is 19.1. The molecule has 0 N–H and O–H groups in total. The van der Waals surface area contributed by atoms with Gasteiger partial charge in [0.2, 0.25) is 0 Å². The van der Waals surface area contributed by atoms with E-state index >= 15 is 0 Å². The Morgan fingerprint density at radius 3 is 2.37 bits per heavy atom. The molecule has 0 atom stereocenters. The van der Waals surface area contributed by atoms with Crippen molar-refractivity contribution in [1.29, 1.82) is 0 Å². The van der Waals surface area contributed by atoms with Crippen molar-refractivity contribution in [2.75, 3.05) is 19.7 Å². The lowest BCUT2D eigenvalue weighted by Gasteiger charge is -2.32. The quantitative estimate of drug-likeness (QED) is 0.689. The lowest BCUT2D eigenvalue weighted by atomic mass is 9.89. The SMILES string of the molecule is CCC(=CF)COc1ccc(C(=O)N2CCC(c3ccccc3)CC2)cc1. The van der Waals surface area contributed by atoms with Gasteiger partial charge in [0.1, 0.15) is 12.4 Å². The third kappa shape index (κ3) is 4.97. The highest BCUT2D eigenvalue weighted by molar-refractivity contribution is 5.94. The Kier molecular flexibility index (Phi) is 6.64. The number of rotatable bonds is 6. The maximum atomic E-state index is 12.7. The van der Waals surface area contributed by atoms with E-state index in [0.717, 1.165) is 25.9 Å². The van der Waals surface area contributed by atoms with Crippen molar-refractivity contribution in [1.82, 2.24) is 4.90 Å². The number of piperidine rings is 1. The Balaban J connectivity index is 1.54. The smallest absolute Gasteiger partial charge is 0.253 e. The van der Waals surface area contributed by atoms with Crippen molar-refractivity contribution in [3.63, 3.8) is 0 Å². The molecule has 1 fully saturated rings. The van der Waals surface area contributed by atoms with Crippen LogP contribution in [0.3, 0.4) is 0 Å². The van der Waals surface area contributed by atoms with E-state index in [2.05, 4.69) is 24.3 Å². The summed E-state index contributed by atoms with van der Waals surface area (Å²) in [7, 11) is 0. The summed E-state index contributed by atoms with van der Waals surface area (Å²) >= 11 is 0. The number of amides is 1. The molecule has 27 heavy (non-hydrogen) atoms. The second-order valence-electron chi connectivity index (χ2n) is 6.91. The number of benzene rings is 2. The molecule has 2 aromatic rings. The average Bonchev–Trinajstić information content (AvgIpc) is 2.75. The summed E-state index contributed by atoms with van der Waals surface area (Å²) in [5.74, 6) is 1.23. The minimum absolute atomic E-state index is 0.0611. The summed E-state index contributed by atoms with van der Waals surface area (Å²) in [6, 6.07) is 17.6. The number of nitrogens with zero attached hydrogens (tertiary/aromatic N) is 1. The number of hydrogen-bond acceptors (Lipinski definition) is 2. The van der Waals surface area contributed by atoms with Crippen LogP contribution in [0.5, 0.6) is 5.75 Å². The molecule has 0 spiro atoms. The van der Waals surface area contributed by atoms with Gasteiger partial charge in [0.15, 0.2) is 0 Å². The molecule has 1 aliphatic heterocycles. The highest BCUT2D eigenvalue weighted by Gasteiger charge is 2.24. The minimum Gasteiger partial charge on any atom is -0.489 e. The Labute approximate surface area is 160 Å². The first kappa shape index (κ1) is 19.2. The fourth-order valence-electron chi connectivity index (χ4n) is 3.40. The molecule has 0 radical (unpaired) electrons. The van der Waals surface area contributed by atoms with Crippen molar-refractivity contribution >= 4 is 5.91 Å². The molecular weight excluding hydrogens is 341 g/mol. The number of halogens is 1. The molecule has 0 saturated carbocycles. The molecule has 1 amide bonds. The highest BCUT2D eigenvalue weighted by Crippen LogP contribution is 2.28. The van der Waals surface area contributed by atoms with Crippen LogP contribution < -0.4 is 4.74 Å². The maximum Gasteiger partial charge on any atom is 0.253 e. The molecule has 1 aliphatic rings. The molecule has 2 aromatic carbocycles. The number of likely N-dealkylation sites (tertiary alicyclic amines) is 1. The van der Waals surface area contributed by atoms with Crippen LogP contribution in [-0.4, -0.2) is 30.5 Å². The van der Waals surface area contributed by atoms with Crippen LogP contribution in [0.1, 0.15) is 48.0 Å². The molecule has 0 aliphatic carbocycles. The number of ether oxygens (including phenoxy) is 1. The summed E-state index contributed by atoms with van der Waals surface area (Å²) in [5, 5.41) is 0. The lowest BCUT2D eigenvalue weighted by Crippen LogP contribution is -2.37. The topological polar surface area (TPSA) is 29.5 Å². The van der Waals surface area contributed by atoms with E-state index in [4.69, 9.17) is 4.74 Å². The van der Waals surface area contributed by atoms with Gasteiger partial charge in [0.05, 0.1) is 6.33 Å². The van der Waals surface area contributed by atoms with E-state index in [1.54, 1.807) is 24.3 Å². The fourth-order valence-corrected chi connectivity index (χ4v) is 3.40. The largest absolute Gasteiger partial charge is 0.489 e. The Hall–Kier alpha value is -2.62. The standard InChI is InChI=1S/C23H26FNO2/c1-2-18(16-24)17-27-22-10-8-21(9-11-22)23(26)25-14-12-20(13-15-25)19-6-4-3-5-7-19/h3-11,16,20H,2,12-15,17H2,1H3. The molecule has 3 nitrogen and oxygen atoms in total. The minimum atomic E-state index is 0.0611. The molecule has 0 aromatic heterocycles. The maximum absolute atomic E-state index is 12.7. The third-order valence-electron chi connectivity index (χ3n) is 5.19. The lowest BCUT2D eigenvalue weighted by molar-refractivity contribution is 0.0713. The van der Waals surface area contributed by atoms with Crippen LogP contribution in [0.25, 0.3) is 0 Å². The van der Waals surface area contributed by atoms with Crippen molar-refractivity contribution in [3.05, 3.63) is 77.6 Å². The second-order valence-corrected chi connectivity index (χ2v) is 6.91. The molecule has 1 heterocycles. The second kappa shape index (κ2) is 9.36. The predicted molar refractivity (Wildman–Crippen MR) is 106 cm³/mol. The van der Waals surface area contributed by atoms with Crippen molar-refractivity contribution < 1.29 is 13.9 Å². The number of hydrogen-bond donors (Lipinski definition) is 0. The predicted octanol–water partition coefficient (Wildman–Crippen LogP) is 5.35. The van der Waals surface area contributed by atoms with Crippen LogP contribution in [0, 0.1) is 0 Å². The summed E-state index contributed by atoms with van der Waals surface area (Å²) in [5.41, 5.74) is 2.63. The number of carbonyl (C=O) groups excluding carboxylic acids is 1. The van der Waals surface area contributed by atoms with E-state index in [0.29, 0.717) is 35.6 Å². The summed E-state index contributed by atoms with van der Waals surface area (Å²) in [6.07, 6.45) is 3.20. The van der Waals surface area contributed by atoms with E-state index in [9.17, 15) is 9.18 Å². The van der Waals surface area contributed by atoms with E-state index in [1.807, 2.05) is 17.9 Å². The monoisotopic (exact) mass is 367 g/mol. The zero-order valence-corrected chi connectivity index (χ0v) is 15.7. The average molecular weight is 367 g/mol. The van der Waals surface area contributed by atoms with Crippen LogP contribution in [-0.2, 0) is 0 Å². The van der Waals surface area contributed by atoms with Gasteiger partial charge in [-0.05, 0) is 60.6 Å². The first-order valence-corrected chi connectivity index (χ1v) is 9.56. The molecular formula is C23H26FNO2. The highest BCUT2D eigenvalue weighted by atomic mass is 19.1. The van der Waals surface area contributed by atoms with Crippen LogP contribution in [0.4, 0.5) is 4.39 Å². The summed E-state index contributed by atoms with van der Waals surface area (Å²) in [4.78, 5) is 14.7. The van der Waals surface area contributed by atoms with Crippen molar-refractivity contribution in [2.24, 2.45) is 0 Å². The van der Waals surface area contributed by atoms with E-state index in [1.165, 1.54) is 5.56 Å². The Bertz CT molecular complexity index is 763. The zero-order valence-electron chi connectivity index (χ0n) is 15.7. The van der Waals surface area contributed by atoms with Gasteiger partial charge in [-0.25, -0.2) is 4.39 Å². The Morgan fingerprint density at radius 2 is 1.78 bits per heavy atom. The first-order chi connectivity index (χ1) is 13.2. The van der Waals surface area contributed by atoms with Gasteiger partial charge in [-0.3, -0.25) is 4.79 Å². The van der Waals surface area contributed by atoms with Gasteiger partial charge in [-0.1, -0.05) is 37.3 Å². The van der Waals surface area contributed by atoms with Crippen LogP contribution in [0.2, 0.25) is 0 Å². The summed E-state index contributed by atoms with van der Waals surface area (Å²) < 4.78 is 18.1. The van der Waals surface area contributed by atoms with Crippen molar-refractivity contribution in [2.45, 2.75) is 32.1 Å². The number of carbonyl (C=O) groups is 1. The van der Waals surface area contributed by atoms with Crippen LogP contribution in [0.15, 0.2) is 66.5 Å². The van der Waals surface area contributed by atoms with Gasteiger partial charge in [-0.2, -0.15) is 0 Å². The normalized spacial score (nSPS) is 15.6. The Morgan fingerprint density at radius 1 is 1.11 bits per heavy atom. The fraction of sp³-hybridized carbons (Fsp3) is 0.348. The van der Waals surface area contributed by atoms with Crippen molar-refractivity contribution in [3.8, 4) is 5.75 Å². The van der Waals surface area contributed by atoms with E-state index in [-0.39, 0.29) is 12.5 Å². The third-order valence-corrected chi connectivity index (χ3v) is 5.19. The first-order valence-electron chi connectivity index (χ1n) is 9.56. The molecule has 0 unspecified atom stereocenters. The van der Waals surface area contributed by atoms with Gasteiger partial charge < -0.3 is 9.64 Å². The van der Waals surface area contributed by atoms with Crippen LogP contribution >= 0.6 is 0 Å². The summed E-state index contributed by atoms with van der Waals surface area (Å²) in [6.45, 7) is 3.67. The van der Waals surface area contributed by atoms with Gasteiger partial charge >= 0.3 is 0 Å². The van der Waals surface area contributed by atoms with E-state index < -0.39 is 0 Å². The molecule has 142 valence electrons.